The van der Waals surface area contributed by atoms with Crippen LogP contribution in [0.2, 0.25) is 0 Å². The lowest BCUT2D eigenvalue weighted by atomic mass is 9.90. The Morgan fingerprint density at radius 1 is 1.26 bits per heavy atom. The summed E-state index contributed by atoms with van der Waals surface area (Å²) in [6, 6.07) is 4.91. The van der Waals surface area contributed by atoms with Gasteiger partial charge >= 0.3 is 0 Å². The molecule has 0 aromatic carbocycles. The number of aromatic nitrogens is 2. The molecule has 0 bridgehead atoms. The molecule has 4 nitrogen and oxygen atoms in total. The molecule has 2 aliphatic carbocycles. The second-order valence-corrected chi connectivity index (χ2v) is 6.10. The van der Waals surface area contributed by atoms with Crippen molar-refractivity contribution in [3.05, 3.63) is 28.7 Å². The lowest BCUT2D eigenvalue weighted by Gasteiger charge is -2.31. The third-order valence-corrected chi connectivity index (χ3v) is 4.61. The van der Waals surface area contributed by atoms with E-state index >= 15 is 0 Å². The molecular weight excluding hydrogens is 238 g/mol. The normalized spacial score (nSPS) is 29.1. The van der Waals surface area contributed by atoms with Crippen LogP contribution in [0.4, 0.5) is 0 Å². The lowest BCUT2D eigenvalue weighted by molar-refractivity contribution is 0.253. The van der Waals surface area contributed by atoms with Gasteiger partial charge in [0.1, 0.15) is 0 Å². The van der Waals surface area contributed by atoms with Crippen LogP contribution in [0, 0.1) is 5.92 Å². The Morgan fingerprint density at radius 3 is 2.63 bits per heavy atom. The first-order valence-electron chi connectivity index (χ1n) is 7.54. The fourth-order valence-electron chi connectivity index (χ4n) is 3.23. The van der Waals surface area contributed by atoms with E-state index < -0.39 is 0 Å². The van der Waals surface area contributed by atoms with Gasteiger partial charge in [-0.25, -0.2) is 4.68 Å². The van der Waals surface area contributed by atoms with Crippen LogP contribution in [-0.4, -0.2) is 21.9 Å². The van der Waals surface area contributed by atoms with Gasteiger partial charge in [-0.1, -0.05) is 0 Å². The number of hydrogen-bond acceptors (Lipinski definition) is 3. The molecule has 1 N–H and O–H groups in total. The largest absolute Gasteiger partial charge is 0.311 e. The number of hydrogen-bond donors (Lipinski definition) is 1. The molecule has 0 amide bonds. The zero-order valence-electron chi connectivity index (χ0n) is 11.6. The van der Waals surface area contributed by atoms with Crippen LogP contribution in [0.1, 0.15) is 51.5 Å². The van der Waals surface area contributed by atoms with Crippen molar-refractivity contribution in [1.82, 2.24) is 15.1 Å². The molecule has 0 spiro atoms. The smallest absolute Gasteiger partial charge is 0.266 e. The summed E-state index contributed by atoms with van der Waals surface area (Å²) >= 11 is 0. The Labute approximate surface area is 114 Å². The first-order chi connectivity index (χ1) is 9.24. The van der Waals surface area contributed by atoms with Gasteiger partial charge in [0.2, 0.25) is 0 Å². The molecule has 104 valence electrons. The molecule has 0 radical (unpaired) electrons. The van der Waals surface area contributed by atoms with Crippen molar-refractivity contribution in [3.8, 4) is 0 Å². The summed E-state index contributed by atoms with van der Waals surface area (Å²) in [5, 5.41) is 7.97. The summed E-state index contributed by atoms with van der Waals surface area (Å²) in [6.45, 7) is 2.31. The molecule has 1 heterocycles. The van der Waals surface area contributed by atoms with Gasteiger partial charge in [0.25, 0.3) is 5.56 Å². The van der Waals surface area contributed by atoms with Gasteiger partial charge in [-0.2, -0.15) is 5.10 Å². The maximum atomic E-state index is 11.8. The van der Waals surface area contributed by atoms with E-state index in [1.165, 1.54) is 12.8 Å². The topological polar surface area (TPSA) is 46.9 Å². The zero-order chi connectivity index (χ0) is 13.2. The van der Waals surface area contributed by atoms with E-state index in [0.717, 1.165) is 31.6 Å². The van der Waals surface area contributed by atoms with Crippen LogP contribution >= 0.6 is 0 Å². The second kappa shape index (κ2) is 5.45. The maximum Gasteiger partial charge on any atom is 0.266 e. The number of nitrogens with zero attached hydrogens (tertiary/aromatic N) is 2. The van der Waals surface area contributed by atoms with Crippen molar-refractivity contribution < 1.29 is 0 Å². The van der Waals surface area contributed by atoms with E-state index in [9.17, 15) is 4.79 Å². The predicted octanol–water partition coefficient (Wildman–Crippen LogP) is 2.12. The SMILES string of the molecule is CC(NC1CCC(n2ncccc2=O)CC1)C1CC1. The van der Waals surface area contributed by atoms with Crippen molar-refractivity contribution in [1.29, 1.82) is 0 Å². The molecule has 2 aliphatic rings. The van der Waals surface area contributed by atoms with Gasteiger partial charge in [-0.3, -0.25) is 4.79 Å². The number of rotatable bonds is 4. The number of nitrogens with one attached hydrogen (secondary N) is 1. The Hall–Kier alpha value is -1.16. The molecule has 3 rings (SSSR count). The average molecular weight is 261 g/mol. The van der Waals surface area contributed by atoms with Crippen molar-refractivity contribution in [2.75, 3.05) is 0 Å². The Morgan fingerprint density at radius 2 is 2.00 bits per heavy atom. The summed E-state index contributed by atoms with van der Waals surface area (Å²) in [5.74, 6) is 0.913. The minimum atomic E-state index is 0.0326. The monoisotopic (exact) mass is 261 g/mol. The standard InChI is InChI=1S/C15H23N3O/c1-11(12-4-5-12)17-13-6-8-14(9-7-13)18-15(19)3-2-10-16-18/h2-3,10-14,17H,4-9H2,1H3. The van der Waals surface area contributed by atoms with Crippen molar-refractivity contribution in [2.45, 2.75) is 63.6 Å². The van der Waals surface area contributed by atoms with Crippen LogP contribution in [-0.2, 0) is 0 Å². The molecule has 19 heavy (non-hydrogen) atoms. The molecule has 1 aromatic heterocycles. The average Bonchev–Trinajstić information content (AvgIpc) is 3.25. The highest BCUT2D eigenvalue weighted by atomic mass is 16.1. The second-order valence-electron chi connectivity index (χ2n) is 6.10. The van der Waals surface area contributed by atoms with Gasteiger partial charge in [0, 0.05) is 24.3 Å². The minimum absolute atomic E-state index is 0.0326. The Balaban J connectivity index is 1.54. The minimum Gasteiger partial charge on any atom is -0.311 e. The summed E-state index contributed by atoms with van der Waals surface area (Å²) in [7, 11) is 0. The third kappa shape index (κ3) is 3.06. The summed E-state index contributed by atoms with van der Waals surface area (Å²) in [5.41, 5.74) is 0.0326. The van der Waals surface area contributed by atoms with Gasteiger partial charge < -0.3 is 5.32 Å². The van der Waals surface area contributed by atoms with Crippen molar-refractivity contribution in [3.63, 3.8) is 0 Å². The fraction of sp³-hybridized carbons (Fsp3) is 0.733. The van der Waals surface area contributed by atoms with E-state index in [1.807, 2.05) is 0 Å². The van der Waals surface area contributed by atoms with Crippen LogP contribution in [0.25, 0.3) is 0 Å². The molecule has 1 atom stereocenters. The molecule has 1 aromatic rings. The van der Waals surface area contributed by atoms with E-state index in [1.54, 1.807) is 23.0 Å². The molecule has 0 saturated heterocycles. The third-order valence-electron chi connectivity index (χ3n) is 4.61. The van der Waals surface area contributed by atoms with Crippen molar-refractivity contribution in [2.24, 2.45) is 5.92 Å². The first kappa shape index (κ1) is 12.9. The molecule has 2 saturated carbocycles. The highest BCUT2D eigenvalue weighted by molar-refractivity contribution is 4.91. The summed E-state index contributed by atoms with van der Waals surface area (Å²) in [6.07, 6.45) is 8.94. The highest BCUT2D eigenvalue weighted by Gasteiger charge is 2.31. The van der Waals surface area contributed by atoms with Gasteiger partial charge in [-0.05, 0) is 57.4 Å². The lowest BCUT2D eigenvalue weighted by Crippen LogP contribution is -2.41. The Kier molecular flexibility index (Phi) is 3.69. The molecule has 0 aliphatic heterocycles. The van der Waals surface area contributed by atoms with Gasteiger partial charge in [0.05, 0.1) is 6.04 Å². The molecular formula is C15H23N3O. The summed E-state index contributed by atoms with van der Waals surface area (Å²) in [4.78, 5) is 11.8. The fourth-order valence-corrected chi connectivity index (χ4v) is 3.23. The molecule has 4 heteroatoms. The van der Waals surface area contributed by atoms with Crippen LogP contribution < -0.4 is 10.9 Å². The summed E-state index contributed by atoms with van der Waals surface area (Å²) < 4.78 is 1.67. The molecule has 2 fully saturated rings. The van der Waals surface area contributed by atoms with E-state index in [2.05, 4.69) is 17.3 Å². The Bertz CT molecular complexity index is 472. The van der Waals surface area contributed by atoms with E-state index in [-0.39, 0.29) is 5.56 Å². The van der Waals surface area contributed by atoms with Crippen LogP contribution in [0.15, 0.2) is 23.1 Å². The predicted molar refractivity (Wildman–Crippen MR) is 75.1 cm³/mol. The zero-order valence-corrected chi connectivity index (χ0v) is 11.6. The highest BCUT2D eigenvalue weighted by Crippen LogP contribution is 2.34. The van der Waals surface area contributed by atoms with Gasteiger partial charge in [-0.15, -0.1) is 0 Å². The maximum absolute atomic E-state index is 11.8. The van der Waals surface area contributed by atoms with Crippen LogP contribution in [0.3, 0.4) is 0 Å². The van der Waals surface area contributed by atoms with Gasteiger partial charge in [0.15, 0.2) is 0 Å². The first-order valence-corrected chi connectivity index (χ1v) is 7.54. The van der Waals surface area contributed by atoms with Crippen molar-refractivity contribution >= 4 is 0 Å². The van der Waals surface area contributed by atoms with E-state index in [0.29, 0.717) is 18.1 Å². The van der Waals surface area contributed by atoms with E-state index in [4.69, 9.17) is 0 Å². The van der Waals surface area contributed by atoms with Crippen LogP contribution in [0.5, 0.6) is 0 Å². The molecule has 1 unspecified atom stereocenters. The quantitative estimate of drug-likeness (QED) is 0.903.